The number of amides is 1. The first-order valence-electron chi connectivity index (χ1n) is 8.99. The van der Waals surface area contributed by atoms with Gasteiger partial charge in [-0.2, -0.15) is 0 Å². The van der Waals surface area contributed by atoms with Crippen LogP contribution in [0.2, 0.25) is 5.02 Å². The summed E-state index contributed by atoms with van der Waals surface area (Å²) in [5.74, 6) is 0.493. The first-order valence-corrected chi connectivity index (χ1v) is 9.36. The summed E-state index contributed by atoms with van der Waals surface area (Å²) in [5, 5.41) is 3.38. The smallest absolute Gasteiger partial charge is 0.259 e. The molecule has 148 valence electrons. The Morgan fingerprint density at radius 2 is 1.69 bits per heavy atom. The SMILES string of the molecule is COc1ccccc1C(=O)Nc1cccc(OC(C)C(=O)c2ccc(Cl)cc2)c1. The van der Waals surface area contributed by atoms with Crippen molar-refractivity contribution in [2.75, 3.05) is 12.4 Å². The van der Waals surface area contributed by atoms with Gasteiger partial charge < -0.3 is 14.8 Å². The topological polar surface area (TPSA) is 64.6 Å². The molecule has 3 rings (SSSR count). The Kier molecular flexibility index (Phi) is 6.52. The Morgan fingerprint density at radius 3 is 2.41 bits per heavy atom. The summed E-state index contributed by atoms with van der Waals surface area (Å²) in [6, 6.07) is 20.5. The van der Waals surface area contributed by atoms with Gasteiger partial charge in [0, 0.05) is 22.3 Å². The van der Waals surface area contributed by atoms with E-state index in [1.165, 1.54) is 7.11 Å². The lowest BCUT2D eigenvalue weighted by Crippen LogP contribution is -2.24. The average molecular weight is 410 g/mol. The average Bonchev–Trinajstić information content (AvgIpc) is 2.74. The van der Waals surface area contributed by atoms with E-state index in [0.29, 0.717) is 33.3 Å². The molecule has 1 amide bonds. The van der Waals surface area contributed by atoms with Crippen molar-refractivity contribution in [3.05, 3.63) is 88.9 Å². The second kappa shape index (κ2) is 9.26. The summed E-state index contributed by atoms with van der Waals surface area (Å²) >= 11 is 5.86. The Hall–Kier alpha value is -3.31. The molecule has 0 aromatic heterocycles. The van der Waals surface area contributed by atoms with Crippen molar-refractivity contribution in [3.8, 4) is 11.5 Å². The van der Waals surface area contributed by atoms with Crippen LogP contribution in [-0.2, 0) is 0 Å². The third-order valence-electron chi connectivity index (χ3n) is 4.25. The van der Waals surface area contributed by atoms with Gasteiger partial charge in [0.25, 0.3) is 5.91 Å². The zero-order valence-electron chi connectivity index (χ0n) is 16.0. The molecule has 0 aliphatic carbocycles. The van der Waals surface area contributed by atoms with Gasteiger partial charge in [-0.15, -0.1) is 0 Å². The molecule has 0 aliphatic heterocycles. The van der Waals surface area contributed by atoms with E-state index >= 15 is 0 Å². The quantitative estimate of drug-likeness (QED) is 0.541. The molecule has 0 fully saturated rings. The van der Waals surface area contributed by atoms with Gasteiger partial charge in [0.1, 0.15) is 11.5 Å². The molecule has 3 aromatic rings. The van der Waals surface area contributed by atoms with Crippen LogP contribution in [0.1, 0.15) is 27.6 Å². The molecule has 1 atom stereocenters. The maximum atomic E-state index is 12.6. The van der Waals surface area contributed by atoms with Gasteiger partial charge in [-0.25, -0.2) is 0 Å². The molecule has 1 N–H and O–H groups in total. The third kappa shape index (κ3) is 5.15. The van der Waals surface area contributed by atoms with E-state index in [9.17, 15) is 9.59 Å². The van der Waals surface area contributed by atoms with Crippen LogP contribution >= 0.6 is 11.6 Å². The van der Waals surface area contributed by atoms with Crippen LogP contribution in [0.5, 0.6) is 11.5 Å². The van der Waals surface area contributed by atoms with Crippen molar-refractivity contribution >= 4 is 29.0 Å². The number of carbonyl (C=O) groups is 2. The summed E-state index contributed by atoms with van der Waals surface area (Å²) < 4.78 is 11.0. The highest BCUT2D eigenvalue weighted by molar-refractivity contribution is 6.30. The minimum atomic E-state index is -0.698. The summed E-state index contributed by atoms with van der Waals surface area (Å²) in [7, 11) is 1.51. The lowest BCUT2D eigenvalue weighted by molar-refractivity contribution is 0.0818. The molecule has 0 spiro atoms. The van der Waals surface area contributed by atoms with Crippen LogP contribution < -0.4 is 14.8 Å². The Morgan fingerprint density at radius 1 is 0.966 bits per heavy atom. The van der Waals surface area contributed by atoms with E-state index in [-0.39, 0.29) is 11.7 Å². The number of para-hydroxylation sites is 1. The normalized spacial score (nSPS) is 11.4. The predicted octanol–water partition coefficient (Wildman–Crippen LogP) is 5.25. The zero-order chi connectivity index (χ0) is 20.8. The molecule has 0 bridgehead atoms. The molecule has 5 nitrogen and oxygen atoms in total. The Labute approximate surface area is 174 Å². The summed E-state index contributed by atoms with van der Waals surface area (Å²) in [6.07, 6.45) is -0.698. The van der Waals surface area contributed by atoms with Gasteiger partial charge in [0.15, 0.2) is 6.10 Å². The highest BCUT2D eigenvalue weighted by atomic mass is 35.5. The Balaban J connectivity index is 1.70. The molecule has 6 heteroatoms. The van der Waals surface area contributed by atoms with Crippen molar-refractivity contribution in [3.63, 3.8) is 0 Å². The van der Waals surface area contributed by atoms with Crippen LogP contribution in [0.3, 0.4) is 0 Å². The molecule has 0 radical (unpaired) electrons. The second-order valence-corrected chi connectivity index (χ2v) is 6.75. The molecule has 3 aromatic carbocycles. The summed E-state index contributed by atoms with van der Waals surface area (Å²) in [6.45, 7) is 1.68. The van der Waals surface area contributed by atoms with Crippen molar-refractivity contribution in [2.24, 2.45) is 0 Å². The van der Waals surface area contributed by atoms with Gasteiger partial charge in [-0.1, -0.05) is 29.8 Å². The number of ketones is 1. The van der Waals surface area contributed by atoms with Gasteiger partial charge in [-0.3, -0.25) is 9.59 Å². The van der Waals surface area contributed by atoms with Crippen LogP contribution in [-0.4, -0.2) is 24.9 Å². The van der Waals surface area contributed by atoms with E-state index in [4.69, 9.17) is 21.1 Å². The van der Waals surface area contributed by atoms with Gasteiger partial charge >= 0.3 is 0 Å². The van der Waals surface area contributed by atoms with Crippen LogP contribution in [0, 0.1) is 0 Å². The molecular formula is C23H20ClNO4. The van der Waals surface area contributed by atoms with Crippen molar-refractivity contribution in [1.29, 1.82) is 0 Å². The minimum Gasteiger partial charge on any atom is -0.496 e. The van der Waals surface area contributed by atoms with E-state index < -0.39 is 6.10 Å². The number of hydrogen-bond donors (Lipinski definition) is 1. The number of methoxy groups -OCH3 is 1. The molecule has 0 heterocycles. The number of Topliss-reactive ketones (excluding diaryl/α,β-unsaturated/α-hetero) is 1. The molecule has 1 unspecified atom stereocenters. The highest BCUT2D eigenvalue weighted by Gasteiger charge is 2.17. The van der Waals surface area contributed by atoms with Crippen LogP contribution in [0.25, 0.3) is 0 Å². The lowest BCUT2D eigenvalue weighted by Gasteiger charge is -2.15. The van der Waals surface area contributed by atoms with Crippen molar-refractivity contribution in [2.45, 2.75) is 13.0 Å². The second-order valence-electron chi connectivity index (χ2n) is 6.31. The molecule has 0 saturated carbocycles. The first-order chi connectivity index (χ1) is 14.0. The number of carbonyl (C=O) groups excluding carboxylic acids is 2. The lowest BCUT2D eigenvalue weighted by atomic mass is 10.1. The number of hydrogen-bond acceptors (Lipinski definition) is 4. The molecule has 0 saturated heterocycles. The van der Waals surface area contributed by atoms with Crippen LogP contribution in [0.15, 0.2) is 72.8 Å². The monoisotopic (exact) mass is 409 g/mol. The maximum absolute atomic E-state index is 12.6. The fourth-order valence-corrected chi connectivity index (χ4v) is 2.91. The molecule has 0 aliphatic rings. The van der Waals surface area contributed by atoms with E-state index in [2.05, 4.69) is 5.32 Å². The number of rotatable bonds is 7. The molecular weight excluding hydrogens is 390 g/mol. The predicted molar refractivity (Wildman–Crippen MR) is 113 cm³/mol. The summed E-state index contributed by atoms with van der Waals surface area (Å²) in [4.78, 5) is 25.1. The van der Waals surface area contributed by atoms with Gasteiger partial charge in [0.05, 0.1) is 12.7 Å². The van der Waals surface area contributed by atoms with Gasteiger partial charge in [-0.05, 0) is 55.5 Å². The van der Waals surface area contributed by atoms with Crippen LogP contribution in [0.4, 0.5) is 5.69 Å². The number of ether oxygens (including phenoxy) is 2. The number of halogens is 1. The van der Waals surface area contributed by atoms with E-state index in [0.717, 1.165) is 0 Å². The van der Waals surface area contributed by atoms with E-state index in [1.807, 2.05) is 0 Å². The first kappa shape index (κ1) is 20.4. The largest absolute Gasteiger partial charge is 0.496 e. The Bertz CT molecular complexity index is 1020. The van der Waals surface area contributed by atoms with Gasteiger partial charge in [0.2, 0.25) is 5.78 Å². The fraction of sp³-hybridized carbons (Fsp3) is 0.130. The standard InChI is InChI=1S/C23H20ClNO4/c1-15(22(26)16-10-12-17(24)13-11-16)29-19-7-5-6-18(14-19)25-23(27)20-8-3-4-9-21(20)28-2/h3-15H,1-2H3,(H,25,27). The van der Waals surface area contributed by atoms with Crippen molar-refractivity contribution < 1.29 is 19.1 Å². The van der Waals surface area contributed by atoms with Crippen molar-refractivity contribution in [1.82, 2.24) is 0 Å². The minimum absolute atomic E-state index is 0.162. The zero-order valence-corrected chi connectivity index (χ0v) is 16.8. The third-order valence-corrected chi connectivity index (χ3v) is 4.51. The molecule has 29 heavy (non-hydrogen) atoms. The van der Waals surface area contributed by atoms with E-state index in [1.54, 1.807) is 79.7 Å². The maximum Gasteiger partial charge on any atom is 0.259 e. The number of nitrogens with one attached hydrogen (secondary N) is 1. The number of anilines is 1. The highest BCUT2D eigenvalue weighted by Crippen LogP contribution is 2.23. The number of benzene rings is 3. The fourth-order valence-electron chi connectivity index (χ4n) is 2.78. The summed E-state index contributed by atoms with van der Waals surface area (Å²) in [5.41, 5.74) is 1.49.